The maximum atomic E-state index is 11.7. The van der Waals surface area contributed by atoms with Gasteiger partial charge in [-0.25, -0.2) is 5.43 Å². The average molecular weight is 523 g/mol. The van der Waals surface area contributed by atoms with Gasteiger partial charge in [0.1, 0.15) is 17.2 Å². The van der Waals surface area contributed by atoms with Gasteiger partial charge in [0.25, 0.3) is 5.91 Å². The second-order valence-corrected chi connectivity index (χ2v) is 7.15. The Balaban J connectivity index is 1.92. The summed E-state index contributed by atoms with van der Waals surface area (Å²) in [6, 6.07) is 7.57. The summed E-state index contributed by atoms with van der Waals surface area (Å²) in [6.45, 7) is -0.248. The molecule has 0 bridgehead atoms. The number of carbonyl (C=O) groups excluding carboxylic acids is 1. The van der Waals surface area contributed by atoms with Gasteiger partial charge in [0.05, 0.1) is 15.2 Å². The maximum Gasteiger partial charge on any atom is 0.277 e. The summed E-state index contributed by atoms with van der Waals surface area (Å²) in [6.07, 6.45) is 1.22. The third-order valence-corrected chi connectivity index (χ3v) is 4.35. The molecule has 1 amide bonds. The molecule has 2 aromatic rings. The summed E-state index contributed by atoms with van der Waals surface area (Å²) in [5, 5.41) is 22.6. The molecule has 0 aromatic heterocycles. The van der Waals surface area contributed by atoms with Gasteiger partial charge in [0, 0.05) is 10.0 Å². The lowest BCUT2D eigenvalue weighted by Crippen LogP contribution is -2.24. The first-order valence-corrected chi connectivity index (χ1v) is 8.86. The fourth-order valence-electron chi connectivity index (χ4n) is 1.66. The van der Waals surface area contributed by atoms with E-state index in [1.165, 1.54) is 24.4 Å². The van der Waals surface area contributed by atoms with Crippen LogP contribution in [0.15, 0.2) is 48.9 Å². The van der Waals surface area contributed by atoms with E-state index >= 15 is 0 Å². The SMILES string of the molecule is O=C(COc1c(Br)cc(Br)cc1Br)N/N=C/c1cc(O)ccc1O. The fraction of sp³-hybridized carbons (Fsp3) is 0.0667. The first-order valence-electron chi connectivity index (χ1n) is 6.48. The fourth-order valence-corrected chi connectivity index (χ4v) is 4.14. The molecule has 0 aliphatic heterocycles. The molecule has 0 saturated carbocycles. The van der Waals surface area contributed by atoms with Crippen LogP contribution in [0.4, 0.5) is 0 Å². The smallest absolute Gasteiger partial charge is 0.277 e. The molecule has 0 spiro atoms. The number of hydrazone groups is 1. The Kier molecular flexibility index (Phi) is 6.64. The van der Waals surface area contributed by atoms with Crippen LogP contribution in [0.5, 0.6) is 17.2 Å². The molecular weight excluding hydrogens is 512 g/mol. The van der Waals surface area contributed by atoms with Crippen molar-refractivity contribution in [2.45, 2.75) is 0 Å². The van der Waals surface area contributed by atoms with Gasteiger partial charge in [-0.05, 0) is 62.2 Å². The predicted octanol–water partition coefficient (Wildman–Crippen LogP) is 3.91. The van der Waals surface area contributed by atoms with Gasteiger partial charge in [0.15, 0.2) is 6.61 Å². The second kappa shape index (κ2) is 8.50. The van der Waals surface area contributed by atoms with Crippen LogP contribution >= 0.6 is 47.8 Å². The van der Waals surface area contributed by atoms with E-state index in [1.807, 2.05) is 0 Å². The molecule has 0 atom stereocenters. The Bertz CT molecular complexity index is 773. The number of ether oxygens (including phenoxy) is 1. The van der Waals surface area contributed by atoms with E-state index in [9.17, 15) is 15.0 Å². The highest BCUT2D eigenvalue weighted by Gasteiger charge is 2.10. The zero-order valence-corrected chi connectivity index (χ0v) is 16.7. The van der Waals surface area contributed by atoms with Crippen molar-refractivity contribution in [3.63, 3.8) is 0 Å². The van der Waals surface area contributed by atoms with Crippen LogP contribution in [0.2, 0.25) is 0 Å². The highest BCUT2D eigenvalue weighted by molar-refractivity contribution is 9.11. The molecule has 6 nitrogen and oxygen atoms in total. The molecule has 0 saturated heterocycles. The summed E-state index contributed by atoms with van der Waals surface area (Å²) < 4.78 is 7.67. The van der Waals surface area contributed by atoms with E-state index in [0.717, 1.165) is 4.47 Å². The lowest BCUT2D eigenvalue weighted by atomic mass is 10.2. The van der Waals surface area contributed by atoms with E-state index in [4.69, 9.17) is 4.74 Å². The number of hydrogen-bond acceptors (Lipinski definition) is 5. The van der Waals surface area contributed by atoms with Crippen molar-refractivity contribution >= 4 is 59.9 Å². The largest absolute Gasteiger partial charge is 0.508 e. The van der Waals surface area contributed by atoms with E-state index < -0.39 is 5.91 Å². The standard InChI is InChI=1S/C15H11Br3N2O4/c16-9-4-11(17)15(12(18)5-9)24-7-14(23)20-19-6-8-3-10(21)1-2-13(8)22/h1-6,21-22H,7H2,(H,20,23)/b19-6+. The van der Waals surface area contributed by atoms with Crippen molar-refractivity contribution in [2.75, 3.05) is 6.61 Å². The van der Waals surface area contributed by atoms with Gasteiger partial charge in [-0.2, -0.15) is 5.10 Å². The molecule has 0 aliphatic carbocycles. The van der Waals surface area contributed by atoms with Crippen molar-refractivity contribution in [1.82, 2.24) is 5.43 Å². The summed E-state index contributed by atoms with van der Waals surface area (Å²) in [5.74, 6) is -0.0748. The van der Waals surface area contributed by atoms with Crippen LogP contribution in [-0.4, -0.2) is 28.9 Å². The number of carbonyl (C=O) groups is 1. The predicted molar refractivity (Wildman–Crippen MR) is 101 cm³/mol. The van der Waals surface area contributed by atoms with Crippen molar-refractivity contribution in [3.8, 4) is 17.2 Å². The van der Waals surface area contributed by atoms with Crippen LogP contribution in [0, 0.1) is 0 Å². The van der Waals surface area contributed by atoms with Gasteiger partial charge >= 0.3 is 0 Å². The zero-order chi connectivity index (χ0) is 17.7. The molecular formula is C15H11Br3N2O4. The third-order valence-electron chi connectivity index (χ3n) is 2.71. The third kappa shape index (κ3) is 5.22. The number of rotatable bonds is 5. The number of phenols is 2. The Morgan fingerprint density at radius 1 is 1.17 bits per heavy atom. The lowest BCUT2D eigenvalue weighted by molar-refractivity contribution is -0.123. The summed E-state index contributed by atoms with van der Waals surface area (Å²) in [5.41, 5.74) is 2.54. The van der Waals surface area contributed by atoms with Gasteiger partial charge in [-0.15, -0.1) is 0 Å². The average Bonchev–Trinajstić information content (AvgIpc) is 2.49. The van der Waals surface area contributed by atoms with E-state index in [2.05, 4.69) is 58.3 Å². The van der Waals surface area contributed by atoms with Crippen LogP contribution in [0.1, 0.15) is 5.56 Å². The number of nitrogens with one attached hydrogen (secondary N) is 1. The summed E-state index contributed by atoms with van der Waals surface area (Å²) >= 11 is 10.0. The number of benzene rings is 2. The number of aromatic hydroxyl groups is 2. The molecule has 2 aromatic carbocycles. The minimum absolute atomic E-state index is 0.0196. The first kappa shape index (κ1) is 18.8. The minimum Gasteiger partial charge on any atom is -0.508 e. The molecule has 0 aliphatic rings. The second-order valence-electron chi connectivity index (χ2n) is 4.52. The first-order chi connectivity index (χ1) is 11.4. The van der Waals surface area contributed by atoms with Crippen LogP contribution in [-0.2, 0) is 4.79 Å². The number of nitrogens with zero attached hydrogens (tertiary/aromatic N) is 1. The van der Waals surface area contributed by atoms with Crippen molar-refractivity contribution in [1.29, 1.82) is 0 Å². The monoisotopic (exact) mass is 520 g/mol. The number of halogens is 3. The van der Waals surface area contributed by atoms with Crippen LogP contribution < -0.4 is 10.2 Å². The summed E-state index contributed by atoms with van der Waals surface area (Å²) in [4.78, 5) is 11.7. The highest BCUT2D eigenvalue weighted by Crippen LogP contribution is 2.36. The number of phenolic OH excluding ortho intramolecular Hbond substituents is 2. The van der Waals surface area contributed by atoms with Gasteiger partial charge in [-0.3, -0.25) is 4.79 Å². The topological polar surface area (TPSA) is 91.2 Å². The van der Waals surface area contributed by atoms with Crippen molar-refractivity contribution in [2.24, 2.45) is 5.10 Å². The summed E-state index contributed by atoms with van der Waals surface area (Å²) in [7, 11) is 0. The van der Waals surface area contributed by atoms with E-state index in [-0.39, 0.29) is 23.7 Å². The van der Waals surface area contributed by atoms with Gasteiger partial charge < -0.3 is 14.9 Å². The van der Waals surface area contributed by atoms with Gasteiger partial charge in [-0.1, -0.05) is 15.9 Å². The van der Waals surface area contributed by atoms with Crippen molar-refractivity contribution in [3.05, 3.63) is 49.3 Å². The minimum atomic E-state index is -0.479. The van der Waals surface area contributed by atoms with E-state index in [0.29, 0.717) is 14.7 Å². The molecule has 9 heteroatoms. The van der Waals surface area contributed by atoms with E-state index in [1.54, 1.807) is 12.1 Å². The lowest BCUT2D eigenvalue weighted by Gasteiger charge is -2.09. The molecule has 0 radical (unpaired) electrons. The molecule has 3 N–H and O–H groups in total. The number of amides is 1. The molecule has 0 fully saturated rings. The Morgan fingerprint density at radius 2 is 1.83 bits per heavy atom. The Labute approximate surface area is 162 Å². The Hall–Kier alpha value is -1.58. The molecule has 0 unspecified atom stereocenters. The molecule has 2 rings (SSSR count). The molecule has 24 heavy (non-hydrogen) atoms. The maximum absolute atomic E-state index is 11.7. The van der Waals surface area contributed by atoms with Crippen molar-refractivity contribution < 1.29 is 19.7 Å². The molecule has 0 heterocycles. The molecule has 126 valence electrons. The quantitative estimate of drug-likeness (QED) is 0.315. The number of hydrogen-bond donors (Lipinski definition) is 3. The highest BCUT2D eigenvalue weighted by atomic mass is 79.9. The van der Waals surface area contributed by atoms with Gasteiger partial charge in [0.2, 0.25) is 0 Å². The Morgan fingerprint density at radius 3 is 2.50 bits per heavy atom. The van der Waals surface area contributed by atoms with Crippen LogP contribution in [0.3, 0.4) is 0 Å². The zero-order valence-electron chi connectivity index (χ0n) is 12.0. The normalized spacial score (nSPS) is 10.8. The van der Waals surface area contributed by atoms with Crippen LogP contribution in [0.25, 0.3) is 0 Å².